The van der Waals surface area contributed by atoms with Crippen molar-refractivity contribution < 1.29 is 14.3 Å². The van der Waals surface area contributed by atoms with Gasteiger partial charge in [-0.05, 0) is 24.6 Å². The number of carbonyl (C=O) groups is 1. The van der Waals surface area contributed by atoms with Crippen molar-refractivity contribution in [1.82, 2.24) is 4.90 Å². The van der Waals surface area contributed by atoms with E-state index in [9.17, 15) is 9.18 Å². The predicted molar refractivity (Wildman–Crippen MR) is 81.5 cm³/mol. The molecule has 0 aliphatic rings. The number of halogens is 1. The van der Waals surface area contributed by atoms with Crippen LogP contribution in [0.3, 0.4) is 0 Å². The lowest BCUT2D eigenvalue weighted by Crippen LogP contribution is -2.28. The molecular weight excluding hydrogens is 269 g/mol. The van der Waals surface area contributed by atoms with Crippen LogP contribution in [0.1, 0.15) is 48.5 Å². The second-order valence-corrected chi connectivity index (χ2v) is 4.90. The van der Waals surface area contributed by atoms with Gasteiger partial charge in [0.15, 0.2) is 0 Å². The minimum atomic E-state index is -0.451. The zero-order valence-electron chi connectivity index (χ0n) is 12.7. The SMILES string of the molecule is CCCCCN(C)C(=O)c1cc(F)ccc1C#CCCO. The lowest BCUT2D eigenvalue weighted by Gasteiger charge is -2.18. The fraction of sp³-hybridized carbons (Fsp3) is 0.471. The molecule has 0 aromatic heterocycles. The van der Waals surface area contributed by atoms with E-state index >= 15 is 0 Å². The molecule has 0 fully saturated rings. The van der Waals surface area contributed by atoms with Crippen LogP contribution < -0.4 is 0 Å². The molecule has 21 heavy (non-hydrogen) atoms. The minimum Gasteiger partial charge on any atom is -0.395 e. The van der Waals surface area contributed by atoms with E-state index in [0.717, 1.165) is 19.3 Å². The molecule has 114 valence electrons. The summed E-state index contributed by atoms with van der Waals surface area (Å²) in [5.74, 6) is 4.91. The number of rotatable bonds is 6. The summed E-state index contributed by atoms with van der Waals surface area (Å²) in [6.45, 7) is 2.71. The Morgan fingerprint density at radius 3 is 2.81 bits per heavy atom. The predicted octanol–water partition coefficient (Wildman–Crippen LogP) is 2.82. The Balaban J connectivity index is 2.91. The summed E-state index contributed by atoms with van der Waals surface area (Å²) >= 11 is 0. The molecule has 1 aromatic carbocycles. The first-order chi connectivity index (χ1) is 10.1. The minimum absolute atomic E-state index is 0.0333. The molecule has 1 amide bonds. The van der Waals surface area contributed by atoms with Gasteiger partial charge >= 0.3 is 0 Å². The number of carbonyl (C=O) groups excluding carboxylic acids is 1. The van der Waals surface area contributed by atoms with Gasteiger partial charge in [-0.15, -0.1) is 0 Å². The lowest BCUT2D eigenvalue weighted by atomic mass is 10.1. The molecule has 3 nitrogen and oxygen atoms in total. The van der Waals surface area contributed by atoms with Gasteiger partial charge in [-0.25, -0.2) is 4.39 Å². The molecule has 0 saturated heterocycles. The average molecular weight is 291 g/mol. The summed E-state index contributed by atoms with van der Waals surface area (Å²) in [7, 11) is 1.72. The molecule has 0 bridgehead atoms. The Labute approximate surface area is 125 Å². The third-order valence-electron chi connectivity index (χ3n) is 3.12. The van der Waals surface area contributed by atoms with Crippen molar-refractivity contribution in [3.63, 3.8) is 0 Å². The van der Waals surface area contributed by atoms with Crippen LogP contribution in [0, 0.1) is 17.7 Å². The first-order valence-electron chi connectivity index (χ1n) is 7.25. The van der Waals surface area contributed by atoms with E-state index in [1.165, 1.54) is 18.2 Å². The third kappa shape index (κ3) is 5.57. The van der Waals surface area contributed by atoms with Crippen molar-refractivity contribution >= 4 is 5.91 Å². The Morgan fingerprint density at radius 2 is 2.14 bits per heavy atom. The first kappa shape index (κ1) is 17.2. The Bertz CT molecular complexity index is 531. The van der Waals surface area contributed by atoms with Crippen LogP contribution in [0.2, 0.25) is 0 Å². The molecule has 1 rings (SSSR count). The van der Waals surface area contributed by atoms with Crippen LogP contribution in [0.25, 0.3) is 0 Å². The zero-order chi connectivity index (χ0) is 15.7. The van der Waals surface area contributed by atoms with E-state index in [4.69, 9.17) is 5.11 Å². The van der Waals surface area contributed by atoms with E-state index in [1.807, 2.05) is 0 Å². The summed E-state index contributed by atoms with van der Waals surface area (Å²) in [5.41, 5.74) is 0.775. The largest absolute Gasteiger partial charge is 0.395 e. The van der Waals surface area contributed by atoms with Gasteiger partial charge in [0, 0.05) is 25.6 Å². The quantitative estimate of drug-likeness (QED) is 0.647. The molecular formula is C17H22FNO2. The van der Waals surface area contributed by atoms with Crippen LogP contribution in [0.4, 0.5) is 4.39 Å². The van der Waals surface area contributed by atoms with Crippen molar-refractivity contribution in [2.24, 2.45) is 0 Å². The molecule has 0 atom stereocenters. The first-order valence-corrected chi connectivity index (χ1v) is 7.25. The highest BCUT2D eigenvalue weighted by atomic mass is 19.1. The standard InChI is InChI=1S/C17H22FNO2/c1-3-4-6-11-19(2)17(21)16-13-15(18)10-9-14(16)8-5-7-12-20/h9-10,13,20H,3-4,6-7,11-12H2,1-2H3. The second-order valence-electron chi connectivity index (χ2n) is 4.90. The van der Waals surface area contributed by atoms with E-state index in [-0.39, 0.29) is 18.1 Å². The second kappa shape index (κ2) is 9.15. The summed E-state index contributed by atoms with van der Waals surface area (Å²) in [4.78, 5) is 14.0. The number of hydrogen-bond donors (Lipinski definition) is 1. The molecule has 0 aliphatic heterocycles. The van der Waals surface area contributed by atoms with E-state index in [1.54, 1.807) is 11.9 Å². The maximum atomic E-state index is 13.4. The van der Waals surface area contributed by atoms with Gasteiger partial charge in [-0.1, -0.05) is 31.6 Å². The van der Waals surface area contributed by atoms with Gasteiger partial charge < -0.3 is 10.0 Å². The number of nitrogens with zero attached hydrogens (tertiary/aromatic N) is 1. The highest BCUT2D eigenvalue weighted by Gasteiger charge is 2.15. The number of amides is 1. The number of aliphatic hydroxyl groups excluding tert-OH is 1. The van der Waals surface area contributed by atoms with Gasteiger partial charge in [0.2, 0.25) is 0 Å². The highest BCUT2D eigenvalue weighted by Crippen LogP contribution is 2.13. The van der Waals surface area contributed by atoms with Gasteiger partial charge in [0.05, 0.1) is 12.2 Å². The number of aliphatic hydroxyl groups is 1. The Hall–Kier alpha value is -1.86. The van der Waals surface area contributed by atoms with Crippen LogP contribution in [-0.4, -0.2) is 36.1 Å². The normalized spacial score (nSPS) is 9.90. The molecule has 0 heterocycles. The van der Waals surface area contributed by atoms with E-state index in [2.05, 4.69) is 18.8 Å². The summed E-state index contributed by atoms with van der Waals surface area (Å²) < 4.78 is 13.4. The molecule has 0 spiro atoms. The van der Waals surface area contributed by atoms with Crippen LogP contribution >= 0.6 is 0 Å². The van der Waals surface area contributed by atoms with Crippen LogP contribution in [0.5, 0.6) is 0 Å². The maximum Gasteiger partial charge on any atom is 0.254 e. The highest BCUT2D eigenvalue weighted by molar-refractivity contribution is 5.96. The fourth-order valence-corrected chi connectivity index (χ4v) is 1.92. The molecule has 1 N–H and O–H groups in total. The fourth-order valence-electron chi connectivity index (χ4n) is 1.92. The molecule has 4 heteroatoms. The molecule has 0 saturated carbocycles. The van der Waals surface area contributed by atoms with Crippen molar-refractivity contribution in [2.45, 2.75) is 32.6 Å². The van der Waals surface area contributed by atoms with E-state index < -0.39 is 5.82 Å². The number of benzene rings is 1. The summed E-state index contributed by atoms with van der Waals surface area (Å²) in [6, 6.07) is 4.02. The van der Waals surface area contributed by atoms with Crippen LogP contribution in [0.15, 0.2) is 18.2 Å². The maximum absolute atomic E-state index is 13.4. The smallest absolute Gasteiger partial charge is 0.254 e. The van der Waals surface area contributed by atoms with Crippen molar-refractivity contribution in [1.29, 1.82) is 0 Å². The third-order valence-corrected chi connectivity index (χ3v) is 3.12. The van der Waals surface area contributed by atoms with E-state index in [0.29, 0.717) is 18.5 Å². The van der Waals surface area contributed by atoms with Gasteiger partial charge in [0.1, 0.15) is 5.82 Å². The zero-order valence-corrected chi connectivity index (χ0v) is 12.7. The monoisotopic (exact) mass is 291 g/mol. The summed E-state index contributed by atoms with van der Waals surface area (Å²) in [5, 5.41) is 8.74. The van der Waals surface area contributed by atoms with Crippen molar-refractivity contribution in [2.75, 3.05) is 20.2 Å². The average Bonchev–Trinajstić information content (AvgIpc) is 2.48. The Morgan fingerprint density at radius 1 is 1.38 bits per heavy atom. The van der Waals surface area contributed by atoms with Crippen LogP contribution in [-0.2, 0) is 0 Å². The molecule has 0 radical (unpaired) electrons. The van der Waals surface area contributed by atoms with Crippen molar-refractivity contribution in [3.05, 3.63) is 35.1 Å². The summed E-state index contributed by atoms with van der Waals surface area (Å²) in [6.07, 6.45) is 3.40. The topological polar surface area (TPSA) is 40.5 Å². The lowest BCUT2D eigenvalue weighted by molar-refractivity contribution is 0.0792. The van der Waals surface area contributed by atoms with Gasteiger partial charge in [0.25, 0.3) is 5.91 Å². The van der Waals surface area contributed by atoms with Crippen molar-refractivity contribution in [3.8, 4) is 11.8 Å². The number of unbranched alkanes of at least 4 members (excludes halogenated alkanes) is 2. The molecule has 0 aliphatic carbocycles. The number of hydrogen-bond acceptors (Lipinski definition) is 2. The van der Waals surface area contributed by atoms with Gasteiger partial charge in [-0.2, -0.15) is 0 Å². The Kier molecular flexibility index (Phi) is 7.49. The molecule has 1 aromatic rings. The van der Waals surface area contributed by atoms with Gasteiger partial charge in [-0.3, -0.25) is 4.79 Å². The molecule has 0 unspecified atom stereocenters.